The van der Waals surface area contributed by atoms with Crippen LogP contribution >= 0.6 is 0 Å². The van der Waals surface area contributed by atoms with E-state index >= 15 is 0 Å². The second-order valence-corrected chi connectivity index (χ2v) is 11.0. The number of aromatic hydroxyl groups is 1. The molecule has 38 heavy (non-hydrogen) atoms. The number of hydrogen-bond donors (Lipinski definition) is 1. The zero-order chi connectivity index (χ0) is 27.0. The molecule has 3 aromatic rings. The number of phenols is 1. The number of piperidine rings is 1. The molecular formula is C32H38N2O4. The molecule has 4 rings (SSSR count). The Balaban J connectivity index is 1.25. The summed E-state index contributed by atoms with van der Waals surface area (Å²) in [5, 5.41) is 14.5. The molecule has 6 heteroatoms. The lowest BCUT2D eigenvalue weighted by Gasteiger charge is -2.26. The summed E-state index contributed by atoms with van der Waals surface area (Å²) in [4.78, 5) is 15.1. The molecule has 1 saturated heterocycles. The zero-order valence-corrected chi connectivity index (χ0v) is 22.8. The molecule has 0 aliphatic carbocycles. The van der Waals surface area contributed by atoms with Crippen LogP contribution in [0.25, 0.3) is 0 Å². The van der Waals surface area contributed by atoms with Crippen molar-refractivity contribution in [1.29, 1.82) is 0 Å². The van der Waals surface area contributed by atoms with Crippen molar-refractivity contribution < 1.29 is 19.2 Å². The first-order chi connectivity index (χ1) is 18.3. The largest absolute Gasteiger partial charge is 0.508 e. The van der Waals surface area contributed by atoms with Crippen LogP contribution in [0, 0.1) is 11.8 Å². The van der Waals surface area contributed by atoms with Gasteiger partial charge in [0.2, 0.25) is 0 Å². The first kappa shape index (κ1) is 27.5. The van der Waals surface area contributed by atoms with E-state index < -0.39 is 0 Å². The average molecular weight is 515 g/mol. The molecule has 0 amide bonds. The number of nitrogens with zero attached hydrogens (tertiary/aromatic N) is 2. The fraction of sp³-hybridized carbons (Fsp3) is 0.438. The second-order valence-electron chi connectivity index (χ2n) is 11.0. The highest BCUT2D eigenvalue weighted by Crippen LogP contribution is 2.24. The van der Waals surface area contributed by atoms with E-state index in [0.29, 0.717) is 23.4 Å². The Morgan fingerprint density at radius 2 is 1.71 bits per heavy atom. The number of rotatable bonds is 9. The fourth-order valence-corrected chi connectivity index (χ4v) is 4.46. The van der Waals surface area contributed by atoms with Crippen molar-refractivity contribution in [3.05, 3.63) is 76.7 Å². The van der Waals surface area contributed by atoms with Gasteiger partial charge in [0.15, 0.2) is 0 Å². The highest BCUT2D eigenvalue weighted by atomic mass is 16.5. The average Bonchev–Trinajstić information content (AvgIpc) is 3.37. The van der Waals surface area contributed by atoms with E-state index in [4.69, 9.17) is 9.26 Å². The van der Waals surface area contributed by atoms with Gasteiger partial charge in [-0.2, -0.15) is 0 Å². The molecule has 0 unspecified atom stereocenters. The number of Topliss-reactive ketones (excluding diaryl/α,β-unsaturated/α-hetero) is 1. The second kappa shape index (κ2) is 12.8. The first-order valence-electron chi connectivity index (χ1n) is 13.5. The third-order valence-corrected chi connectivity index (χ3v) is 6.69. The van der Waals surface area contributed by atoms with Crippen molar-refractivity contribution in [3.63, 3.8) is 0 Å². The Bertz CT molecular complexity index is 1270. The van der Waals surface area contributed by atoms with Crippen molar-refractivity contribution in [1.82, 2.24) is 10.1 Å². The topological polar surface area (TPSA) is 75.8 Å². The van der Waals surface area contributed by atoms with Gasteiger partial charge in [-0.15, -0.1) is 0 Å². The van der Waals surface area contributed by atoms with Gasteiger partial charge in [0.1, 0.15) is 23.0 Å². The van der Waals surface area contributed by atoms with Crippen LogP contribution in [0.4, 0.5) is 0 Å². The Labute approximate surface area is 226 Å². The van der Waals surface area contributed by atoms with Crippen molar-refractivity contribution in [2.75, 3.05) is 26.2 Å². The zero-order valence-electron chi connectivity index (χ0n) is 22.8. The number of carbonyl (C=O) groups is 1. The van der Waals surface area contributed by atoms with Gasteiger partial charge in [0.25, 0.3) is 0 Å². The third kappa shape index (κ3) is 8.22. The molecule has 2 aromatic carbocycles. The van der Waals surface area contributed by atoms with Crippen molar-refractivity contribution in [3.8, 4) is 23.3 Å². The van der Waals surface area contributed by atoms with E-state index in [-0.39, 0.29) is 29.8 Å². The smallest absolute Gasteiger partial charge is 0.143 e. The van der Waals surface area contributed by atoms with Gasteiger partial charge in [0.05, 0.1) is 18.7 Å². The van der Waals surface area contributed by atoms with E-state index in [2.05, 4.69) is 21.9 Å². The maximum absolute atomic E-state index is 12.5. The maximum Gasteiger partial charge on any atom is 0.143 e. The van der Waals surface area contributed by atoms with Gasteiger partial charge in [-0.1, -0.05) is 50.3 Å². The number of ether oxygens (including phenoxy) is 1. The Morgan fingerprint density at radius 1 is 1.00 bits per heavy atom. The summed E-state index contributed by atoms with van der Waals surface area (Å²) in [5.74, 6) is 7.83. The number of aromatic nitrogens is 1. The predicted octanol–water partition coefficient (Wildman–Crippen LogP) is 5.69. The molecule has 1 fully saturated rings. The van der Waals surface area contributed by atoms with Crippen LogP contribution in [0.2, 0.25) is 0 Å². The van der Waals surface area contributed by atoms with E-state index in [0.717, 1.165) is 30.0 Å². The molecule has 200 valence electrons. The summed E-state index contributed by atoms with van der Waals surface area (Å²) in [6, 6.07) is 14.8. The SMILES string of the molecule is CC(C)(C)c1cc(CC(=O)Cc2ccc(C#Cc3ccc(OCCCN4CCCCC4)cc3)cc2O)no1. The lowest BCUT2D eigenvalue weighted by Crippen LogP contribution is -2.31. The van der Waals surface area contributed by atoms with Crippen molar-refractivity contribution in [2.24, 2.45) is 0 Å². The third-order valence-electron chi connectivity index (χ3n) is 6.69. The summed E-state index contributed by atoms with van der Waals surface area (Å²) < 4.78 is 11.2. The summed E-state index contributed by atoms with van der Waals surface area (Å²) in [6.07, 6.45) is 5.31. The van der Waals surface area contributed by atoms with Gasteiger partial charge in [-0.05, 0) is 68.8 Å². The van der Waals surface area contributed by atoms with Crippen LogP contribution < -0.4 is 4.74 Å². The van der Waals surface area contributed by atoms with E-state index in [1.54, 1.807) is 12.1 Å². The highest BCUT2D eigenvalue weighted by Gasteiger charge is 2.20. The number of likely N-dealkylation sites (tertiary alicyclic amines) is 1. The first-order valence-corrected chi connectivity index (χ1v) is 13.5. The number of carbonyl (C=O) groups excluding carboxylic acids is 1. The molecule has 1 aliphatic heterocycles. The minimum Gasteiger partial charge on any atom is -0.508 e. The van der Waals surface area contributed by atoms with Crippen LogP contribution in [-0.4, -0.2) is 47.2 Å². The molecule has 0 bridgehead atoms. The molecule has 6 nitrogen and oxygen atoms in total. The quantitative estimate of drug-likeness (QED) is 0.292. The van der Waals surface area contributed by atoms with Crippen LogP contribution in [-0.2, 0) is 23.1 Å². The van der Waals surface area contributed by atoms with Gasteiger partial charge in [0, 0.05) is 41.1 Å². The number of ketones is 1. The van der Waals surface area contributed by atoms with Gasteiger partial charge < -0.3 is 19.3 Å². The molecular weight excluding hydrogens is 476 g/mol. The molecule has 1 aliphatic rings. The van der Waals surface area contributed by atoms with Crippen molar-refractivity contribution >= 4 is 5.78 Å². The number of benzene rings is 2. The Morgan fingerprint density at radius 3 is 2.39 bits per heavy atom. The molecule has 1 N–H and O–H groups in total. The fourth-order valence-electron chi connectivity index (χ4n) is 4.46. The predicted molar refractivity (Wildman–Crippen MR) is 149 cm³/mol. The normalized spacial score (nSPS) is 14.1. The van der Waals surface area contributed by atoms with E-state index in [9.17, 15) is 9.90 Å². The molecule has 0 radical (unpaired) electrons. The number of phenolic OH excluding ortho intramolecular Hbond substituents is 1. The van der Waals surface area contributed by atoms with E-state index in [1.165, 1.54) is 32.4 Å². The van der Waals surface area contributed by atoms with Gasteiger partial charge in [-0.25, -0.2) is 0 Å². The summed E-state index contributed by atoms with van der Waals surface area (Å²) >= 11 is 0. The van der Waals surface area contributed by atoms with Crippen molar-refractivity contribution in [2.45, 2.75) is 64.7 Å². The molecule has 0 atom stereocenters. The minimum atomic E-state index is -0.161. The summed E-state index contributed by atoms with van der Waals surface area (Å²) in [7, 11) is 0. The Hall–Kier alpha value is -3.56. The lowest BCUT2D eigenvalue weighted by atomic mass is 9.93. The van der Waals surface area contributed by atoms with Gasteiger partial charge >= 0.3 is 0 Å². The maximum atomic E-state index is 12.5. The molecule has 1 aromatic heterocycles. The Kier molecular flexibility index (Phi) is 9.25. The number of hydrogen-bond acceptors (Lipinski definition) is 6. The molecule has 2 heterocycles. The van der Waals surface area contributed by atoms with Gasteiger partial charge in [-0.3, -0.25) is 4.79 Å². The monoisotopic (exact) mass is 514 g/mol. The standard InChI is InChI=1S/C32H38N2O4/c1-32(2,3)31-23-27(33-38-31)22-28(35)21-26-13-10-25(20-30(26)36)9-8-24-11-14-29(15-12-24)37-19-7-18-34-16-5-4-6-17-34/h10-15,20,23,36H,4-7,16-19,21-22H2,1-3H3. The summed E-state index contributed by atoms with van der Waals surface area (Å²) in [6.45, 7) is 10.3. The molecule has 0 saturated carbocycles. The van der Waals surface area contributed by atoms with Crippen LogP contribution in [0.15, 0.2) is 53.1 Å². The molecule has 0 spiro atoms. The van der Waals surface area contributed by atoms with Crippen LogP contribution in [0.3, 0.4) is 0 Å². The summed E-state index contributed by atoms with van der Waals surface area (Å²) in [5.41, 5.74) is 2.57. The highest BCUT2D eigenvalue weighted by molar-refractivity contribution is 5.83. The van der Waals surface area contributed by atoms with Crippen LogP contribution in [0.1, 0.15) is 74.6 Å². The minimum absolute atomic E-state index is 0.0401. The van der Waals surface area contributed by atoms with Crippen LogP contribution in [0.5, 0.6) is 11.5 Å². The lowest BCUT2D eigenvalue weighted by molar-refractivity contribution is -0.117. The van der Waals surface area contributed by atoms with E-state index in [1.807, 2.05) is 57.2 Å².